The molecule has 14 heavy (non-hydrogen) atoms. The molecule has 0 saturated carbocycles. The summed E-state index contributed by atoms with van der Waals surface area (Å²) in [5.41, 5.74) is 0. The van der Waals surface area contributed by atoms with E-state index in [-0.39, 0.29) is 0 Å². The minimum Gasteiger partial charge on any atom is -0.490 e. The van der Waals surface area contributed by atoms with E-state index >= 15 is 0 Å². The standard InChI is InChI=1S/C10H14O2.C2H6/c1-3-6-10-9(4-2)11-7-5-8-12-10;1-2/h3-4,6H,2,5,7-8H2,1H3;1-2H3/b6-3-;. The Labute approximate surface area is 86.9 Å². The molecule has 1 rings (SSSR count). The van der Waals surface area contributed by atoms with Crippen LogP contribution in [0.3, 0.4) is 0 Å². The first-order chi connectivity index (χ1) is 6.88. The molecule has 1 aliphatic heterocycles. The van der Waals surface area contributed by atoms with Gasteiger partial charge in [-0.15, -0.1) is 0 Å². The Balaban J connectivity index is 0.000000791. The Kier molecular flexibility index (Phi) is 7.71. The van der Waals surface area contributed by atoms with Crippen molar-refractivity contribution < 1.29 is 9.47 Å². The Morgan fingerprint density at radius 3 is 2.21 bits per heavy atom. The molecule has 0 spiro atoms. The first-order valence-electron chi connectivity index (χ1n) is 5.13. The van der Waals surface area contributed by atoms with Gasteiger partial charge in [0.25, 0.3) is 0 Å². The van der Waals surface area contributed by atoms with Crippen LogP contribution in [-0.2, 0) is 9.47 Å². The summed E-state index contributed by atoms with van der Waals surface area (Å²) in [6.45, 7) is 11.0. The van der Waals surface area contributed by atoms with Crippen LogP contribution in [0, 0.1) is 0 Å². The lowest BCUT2D eigenvalue weighted by atomic mass is 10.3. The van der Waals surface area contributed by atoms with Crippen molar-refractivity contribution in [3.05, 3.63) is 36.3 Å². The van der Waals surface area contributed by atoms with Gasteiger partial charge in [-0.3, -0.25) is 0 Å². The fourth-order valence-corrected chi connectivity index (χ4v) is 1.01. The van der Waals surface area contributed by atoms with E-state index in [2.05, 4.69) is 6.58 Å². The summed E-state index contributed by atoms with van der Waals surface area (Å²) in [6, 6.07) is 0. The van der Waals surface area contributed by atoms with E-state index in [1.54, 1.807) is 6.08 Å². The number of allylic oxidation sites excluding steroid dienone is 3. The third-order valence-corrected chi connectivity index (χ3v) is 1.55. The molecule has 0 radical (unpaired) electrons. The average molecular weight is 196 g/mol. The second-order valence-electron chi connectivity index (χ2n) is 2.48. The highest BCUT2D eigenvalue weighted by atomic mass is 16.5. The van der Waals surface area contributed by atoms with E-state index in [1.807, 2.05) is 32.9 Å². The third-order valence-electron chi connectivity index (χ3n) is 1.55. The fourth-order valence-electron chi connectivity index (χ4n) is 1.01. The Morgan fingerprint density at radius 2 is 1.71 bits per heavy atom. The van der Waals surface area contributed by atoms with Crippen molar-refractivity contribution in [3.63, 3.8) is 0 Å². The van der Waals surface area contributed by atoms with Gasteiger partial charge in [-0.25, -0.2) is 0 Å². The van der Waals surface area contributed by atoms with E-state index in [0.29, 0.717) is 6.61 Å². The van der Waals surface area contributed by atoms with Gasteiger partial charge in [-0.05, 0) is 19.1 Å². The first kappa shape index (κ1) is 12.8. The smallest absolute Gasteiger partial charge is 0.160 e. The Hall–Kier alpha value is -1.18. The lowest BCUT2D eigenvalue weighted by molar-refractivity contribution is 0.214. The van der Waals surface area contributed by atoms with Gasteiger partial charge in [-0.1, -0.05) is 26.5 Å². The lowest BCUT2D eigenvalue weighted by Gasteiger charge is -2.04. The molecule has 0 N–H and O–H groups in total. The molecule has 0 atom stereocenters. The minimum atomic E-state index is 0.711. The zero-order chi connectivity index (χ0) is 10.8. The molecular formula is C12H20O2. The van der Waals surface area contributed by atoms with Crippen LogP contribution in [0.4, 0.5) is 0 Å². The zero-order valence-corrected chi connectivity index (χ0v) is 9.38. The Bertz CT molecular complexity index is 214. The molecule has 80 valence electrons. The van der Waals surface area contributed by atoms with Crippen molar-refractivity contribution in [1.82, 2.24) is 0 Å². The molecule has 0 amide bonds. The third kappa shape index (κ3) is 4.17. The monoisotopic (exact) mass is 196 g/mol. The van der Waals surface area contributed by atoms with Crippen LogP contribution in [0.1, 0.15) is 27.2 Å². The lowest BCUT2D eigenvalue weighted by Crippen LogP contribution is -1.91. The highest BCUT2D eigenvalue weighted by molar-refractivity contribution is 5.23. The molecule has 1 aliphatic rings. The van der Waals surface area contributed by atoms with Gasteiger partial charge in [0.2, 0.25) is 0 Å². The number of hydrogen-bond donors (Lipinski definition) is 0. The molecule has 0 bridgehead atoms. The van der Waals surface area contributed by atoms with E-state index in [4.69, 9.17) is 9.47 Å². The molecule has 0 aromatic carbocycles. The molecule has 0 aromatic rings. The largest absolute Gasteiger partial charge is 0.490 e. The summed E-state index contributed by atoms with van der Waals surface area (Å²) in [4.78, 5) is 0. The fraction of sp³-hybridized carbons (Fsp3) is 0.500. The molecular weight excluding hydrogens is 176 g/mol. The first-order valence-corrected chi connectivity index (χ1v) is 5.13. The van der Waals surface area contributed by atoms with Crippen molar-refractivity contribution in [2.75, 3.05) is 13.2 Å². The normalized spacial score (nSPS) is 16.2. The molecule has 2 nitrogen and oxygen atoms in total. The molecule has 0 aromatic heterocycles. The summed E-state index contributed by atoms with van der Waals surface area (Å²) < 4.78 is 10.8. The molecule has 1 heterocycles. The zero-order valence-electron chi connectivity index (χ0n) is 9.38. The molecule has 0 aliphatic carbocycles. The van der Waals surface area contributed by atoms with Gasteiger partial charge in [0, 0.05) is 6.42 Å². The quantitative estimate of drug-likeness (QED) is 0.673. The van der Waals surface area contributed by atoms with Gasteiger partial charge in [0.15, 0.2) is 11.5 Å². The number of hydrogen-bond acceptors (Lipinski definition) is 2. The summed E-state index contributed by atoms with van der Waals surface area (Å²) in [6.07, 6.45) is 6.43. The van der Waals surface area contributed by atoms with E-state index < -0.39 is 0 Å². The van der Waals surface area contributed by atoms with Crippen LogP contribution >= 0.6 is 0 Å². The SMILES string of the molecule is C=CC1=C(/C=C\C)OCCCO1.CC. The van der Waals surface area contributed by atoms with Gasteiger partial charge in [0.1, 0.15) is 0 Å². The van der Waals surface area contributed by atoms with Gasteiger partial charge < -0.3 is 9.47 Å². The van der Waals surface area contributed by atoms with Crippen molar-refractivity contribution >= 4 is 0 Å². The maximum atomic E-state index is 5.44. The van der Waals surface area contributed by atoms with Crippen LogP contribution in [0.2, 0.25) is 0 Å². The predicted molar refractivity (Wildman–Crippen MR) is 59.9 cm³/mol. The minimum absolute atomic E-state index is 0.711. The number of rotatable bonds is 2. The van der Waals surface area contributed by atoms with Gasteiger partial charge in [-0.2, -0.15) is 0 Å². The number of ether oxygens (including phenoxy) is 2. The predicted octanol–water partition coefficient (Wildman–Crippen LogP) is 3.42. The van der Waals surface area contributed by atoms with Crippen LogP contribution in [0.5, 0.6) is 0 Å². The maximum Gasteiger partial charge on any atom is 0.160 e. The van der Waals surface area contributed by atoms with Crippen LogP contribution in [0.15, 0.2) is 36.3 Å². The molecule has 2 heteroatoms. The van der Waals surface area contributed by atoms with Crippen molar-refractivity contribution in [1.29, 1.82) is 0 Å². The molecule has 0 saturated heterocycles. The highest BCUT2D eigenvalue weighted by Gasteiger charge is 2.07. The second-order valence-corrected chi connectivity index (χ2v) is 2.48. The van der Waals surface area contributed by atoms with Crippen molar-refractivity contribution in [3.8, 4) is 0 Å². The summed E-state index contributed by atoms with van der Waals surface area (Å²) >= 11 is 0. The maximum absolute atomic E-state index is 5.44. The van der Waals surface area contributed by atoms with Gasteiger partial charge in [0.05, 0.1) is 13.2 Å². The van der Waals surface area contributed by atoms with Gasteiger partial charge >= 0.3 is 0 Å². The van der Waals surface area contributed by atoms with Crippen LogP contribution in [-0.4, -0.2) is 13.2 Å². The molecule has 0 fully saturated rings. The molecule has 0 unspecified atom stereocenters. The van der Waals surface area contributed by atoms with E-state index in [1.165, 1.54) is 0 Å². The Morgan fingerprint density at radius 1 is 1.14 bits per heavy atom. The second kappa shape index (κ2) is 8.42. The average Bonchev–Trinajstić information content (AvgIpc) is 2.47. The van der Waals surface area contributed by atoms with E-state index in [0.717, 1.165) is 24.5 Å². The van der Waals surface area contributed by atoms with Crippen LogP contribution in [0.25, 0.3) is 0 Å². The topological polar surface area (TPSA) is 18.5 Å². The summed E-state index contributed by atoms with van der Waals surface area (Å²) in [5, 5.41) is 0. The van der Waals surface area contributed by atoms with E-state index in [9.17, 15) is 0 Å². The summed E-state index contributed by atoms with van der Waals surface area (Å²) in [7, 11) is 0. The van der Waals surface area contributed by atoms with Crippen molar-refractivity contribution in [2.24, 2.45) is 0 Å². The van der Waals surface area contributed by atoms with Crippen molar-refractivity contribution in [2.45, 2.75) is 27.2 Å². The summed E-state index contributed by atoms with van der Waals surface area (Å²) in [5.74, 6) is 1.52. The van der Waals surface area contributed by atoms with Crippen LogP contribution < -0.4 is 0 Å². The highest BCUT2D eigenvalue weighted by Crippen LogP contribution is 2.15.